The van der Waals surface area contributed by atoms with Gasteiger partial charge in [-0.15, -0.1) is 0 Å². The van der Waals surface area contributed by atoms with Gasteiger partial charge in [-0.25, -0.2) is 0 Å². The number of carbonyl (C=O) groups is 1. The molecule has 4 N–H and O–H groups in total. The van der Waals surface area contributed by atoms with Gasteiger partial charge in [-0.2, -0.15) is 13.2 Å². The number of hydrogen-bond donors (Lipinski definition) is 3. The summed E-state index contributed by atoms with van der Waals surface area (Å²) in [6.07, 6.45) is -4.46. The lowest BCUT2D eigenvalue weighted by molar-refractivity contribution is -0.137. The molecule has 0 bridgehead atoms. The minimum atomic E-state index is -4.46. The second-order valence-corrected chi connectivity index (χ2v) is 5.00. The Hall–Kier alpha value is -1.76. The zero-order valence-electron chi connectivity index (χ0n) is 10.9. The number of halogens is 3. The molecule has 0 radical (unpaired) electrons. The molecule has 4 nitrogen and oxygen atoms in total. The highest BCUT2D eigenvalue weighted by Crippen LogP contribution is 2.33. The Morgan fingerprint density at radius 1 is 1.45 bits per heavy atom. The average Bonchev–Trinajstić information content (AvgIpc) is 2.28. The van der Waals surface area contributed by atoms with Crippen molar-refractivity contribution in [2.24, 2.45) is 11.8 Å². The molecule has 1 saturated heterocycles. The minimum Gasteiger partial charge on any atom is -0.397 e. The maximum absolute atomic E-state index is 12.6. The summed E-state index contributed by atoms with van der Waals surface area (Å²) in [6, 6.07) is 2.90. The van der Waals surface area contributed by atoms with Gasteiger partial charge in [0.1, 0.15) is 0 Å². The molecule has 1 aromatic rings. The van der Waals surface area contributed by atoms with Crippen LogP contribution < -0.4 is 16.4 Å². The maximum atomic E-state index is 12.6. The van der Waals surface area contributed by atoms with E-state index in [4.69, 9.17) is 5.73 Å². The average molecular weight is 287 g/mol. The van der Waals surface area contributed by atoms with Crippen molar-refractivity contribution in [3.63, 3.8) is 0 Å². The van der Waals surface area contributed by atoms with E-state index in [0.29, 0.717) is 0 Å². The van der Waals surface area contributed by atoms with Crippen molar-refractivity contribution >= 4 is 17.3 Å². The Kier molecular flexibility index (Phi) is 3.89. The third-order valence-electron chi connectivity index (χ3n) is 3.57. The van der Waals surface area contributed by atoms with Crippen molar-refractivity contribution in [1.82, 2.24) is 5.32 Å². The molecule has 20 heavy (non-hydrogen) atoms. The number of carbonyl (C=O) groups excluding carboxylic acids is 1. The van der Waals surface area contributed by atoms with Crippen LogP contribution in [0.25, 0.3) is 0 Å². The van der Waals surface area contributed by atoms with Gasteiger partial charge in [-0.1, -0.05) is 6.92 Å². The van der Waals surface area contributed by atoms with Crippen LogP contribution in [0.5, 0.6) is 0 Å². The van der Waals surface area contributed by atoms with E-state index < -0.39 is 11.7 Å². The van der Waals surface area contributed by atoms with Crippen LogP contribution in [0.3, 0.4) is 0 Å². The fourth-order valence-corrected chi connectivity index (χ4v) is 1.97. The predicted octanol–water partition coefficient (Wildman–Crippen LogP) is 2.08. The summed E-state index contributed by atoms with van der Waals surface area (Å²) in [5, 5.41) is 5.53. The lowest BCUT2D eigenvalue weighted by atomic mass is 9.88. The third kappa shape index (κ3) is 3.04. The molecule has 7 heteroatoms. The molecule has 0 spiro atoms. The van der Waals surface area contributed by atoms with Gasteiger partial charge in [0, 0.05) is 5.92 Å². The molecule has 1 atom stereocenters. The number of anilines is 2. The minimum absolute atomic E-state index is 0.00366. The Morgan fingerprint density at radius 2 is 2.10 bits per heavy atom. The molecule has 1 fully saturated rings. The van der Waals surface area contributed by atoms with E-state index in [9.17, 15) is 18.0 Å². The first-order valence-corrected chi connectivity index (χ1v) is 6.27. The number of nitrogens with two attached hydrogens (primary N) is 1. The first-order valence-electron chi connectivity index (χ1n) is 6.27. The van der Waals surface area contributed by atoms with E-state index in [2.05, 4.69) is 10.6 Å². The van der Waals surface area contributed by atoms with Gasteiger partial charge in [0.15, 0.2) is 0 Å². The molecule has 1 aliphatic rings. The Bertz CT molecular complexity index is 512. The highest BCUT2D eigenvalue weighted by atomic mass is 19.4. The zero-order chi connectivity index (χ0) is 14.9. The number of rotatable bonds is 3. The molecule has 110 valence electrons. The van der Waals surface area contributed by atoms with Gasteiger partial charge in [0.05, 0.1) is 16.9 Å². The second-order valence-electron chi connectivity index (χ2n) is 5.00. The molecule has 0 aliphatic carbocycles. The molecule has 1 unspecified atom stereocenters. The summed E-state index contributed by atoms with van der Waals surface area (Å²) in [6.45, 7) is 3.24. The Morgan fingerprint density at radius 3 is 2.60 bits per heavy atom. The first-order chi connectivity index (χ1) is 9.29. The summed E-state index contributed by atoms with van der Waals surface area (Å²) >= 11 is 0. The summed E-state index contributed by atoms with van der Waals surface area (Å²) < 4.78 is 37.9. The van der Waals surface area contributed by atoms with Gasteiger partial charge >= 0.3 is 6.18 Å². The Labute approximate surface area is 114 Å². The van der Waals surface area contributed by atoms with Crippen molar-refractivity contribution in [2.45, 2.75) is 13.1 Å². The molecule has 1 amide bonds. The normalized spacial score (nSPS) is 17.4. The van der Waals surface area contributed by atoms with Crippen molar-refractivity contribution < 1.29 is 18.0 Å². The van der Waals surface area contributed by atoms with Crippen molar-refractivity contribution in [3.05, 3.63) is 23.8 Å². The van der Waals surface area contributed by atoms with Crippen LogP contribution in [0.15, 0.2) is 18.2 Å². The molecule has 0 saturated carbocycles. The molecule has 1 aliphatic heterocycles. The molecular formula is C13H16F3N3O. The standard InChI is InChI=1S/C13H16F3N3O/c1-7(8-5-18-6-8)12(20)19-11-4-9(13(14,15)16)2-3-10(11)17/h2-4,7-8,18H,5-6,17H2,1H3,(H,19,20). The lowest BCUT2D eigenvalue weighted by Crippen LogP contribution is -2.48. The van der Waals surface area contributed by atoms with E-state index in [0.717, 1.165) is 31.3 Å². The van der Waals surface area contributed by atoms with E-state index in [1.807, 2.05) is 0 Å². The molecule has 1 heterocycles. The Balaban J connectivity index is 2.13. The van der Waals surface area contributed by atoms with Crippen LogP contribution in [0.4, 0.5) is 24.5 Å². The fourth-order valence-electron chi connectivity index (χ4n) is 1.97. The van der Waals surface area contributed by atoms with E-state index in [-0.39, 0.29) is 29.1 Å². The zero-order valence-corrected chi connectivity index (χ0v) is 10.9. The molecule has 2 rings (SSSR count). The van der Waals surface area contributed by atoms with Crippen LogP contribution in [0.2, 0.25) is 0 Å². The number of alkyl halides is 3. The number of nitrogens with one attached hydrogen (secondary N) is 2. The fraction of sp³-hybridized carbons (Fsp3) is 0.462. The van der Waals surface area contributed by atoms with Crippen LogP contribution in [0, 0.1) is 11.8 Å². The highest BCUT2D eigenvalue weighted by molar-refractivity contribution is 5.95. The summed E-state index contributed by atoms with van der Waals surface area (Å²) in [7, 11) is 0. The number of nitrogen functional groups attached to an aromatic ring is 1. The van der Waals surface area contributed by atoms with Crippen molar-refractivity contribution in [2.75, 3.05) is 24.1 Å². The van der Waals surface area contributed by atoms with Crippen molar-refractivity contribution in [1.29, 1.82) is 0 Å². The molecule has 1 aromatic carbocycles. The summed E-state index contributed by atoms with van der Waals surface area (Å²) in [4.78, 5) is 12.0. The van der Waals surface area contributed by atoms with Gasteiger partial charge in [0.25, 0.3) is 0 Å². The van der Waals surface area contributed by atoms with Gasteiger partial charge < -0.3 is 16.4 Å². The van der Waals surface area contributed by atoms with Crippen LogP contribution >= 0.6 is 0 Å². The first kappa shape index (κ1) is 14.6. The number of benzene rings is 1. The van der Waals surface area contributed by atoms with E-state index in [1.54, 1.807) is 6.92 Å². The lowest BCUT2D eigenvalue weighted by Gasteiger charge is -2.31. The highest BCUT2D eigenvalue weighted by Gasteiger charge is 2.32. The van der Waals surface area contributed by atoms with Crippen LogP contribution in [-0.2, 0) is 11.0 Å². The number of hydrogen-bond acceptors (Lipinski definition) is 3. The third-order valence-corrected chi connectivity index (χ3v) is 3.57. The largest absolute Gasteiger partial charge is 0.416 e. The maximum Gasteiger partial charge on any atom is 0.416 e. The smallest absolute Gasteiger partial charge is 0.397 e. The van der Waals surface area contributed by atoms with Gasteiger partial charge in [0.2, 0.25) is 5.91 Å². The van der Waals surface area contributed by atoms with Crippen molar-refractivity contribution in [3.8, 4) is 0 Å². The predicted molar refractivity (Wildman–Crippen MR) is 70.0 cm³/mol. The van der Waals surface area contributed by atoms with E-state index in [1.165, 1.54) is 0 Å². The van der Waals surface area contributed by atoms with Gasteiger partial charge in [-0.3, -0.25) is 4.79 Å². The van der Waals surface area contributed by atoms with Crippen LogP contribution in [-0.4, -0.2) is 19.0 Å². The molecule has 0 aromatic heterocycles. The quantitative estimate of drug-likeness (QED) is 0.746. The SMILES string of the molecule is CC(C(=O)Nc1cc(C(F)(F)F)ccc1N)C1CNC1. The van der Waals surface area contributed by atoms with Gasteiger partial charge in [-0.05, 0) is 37.2 Å². The second kappa shape index (κ2) is 5.32. The topological polar surface area (TPSA) is 67.2 Å². The monoisotopic (exact) mass is 287 g/mol. The number of amides is 1. The molecular weight excluding hydrogens is 271 g/mol. The van der Waals surface area contributed by atoms with Crippen LogP contribution in [0.1, 0.15) is 12.5 Å². The summed E-state index contributed by atoms with van der Waals surface area (Å²) in [5.41, 5.74) is 4.90. The summed E-state index contributed by atoms with van der Waals surface area (Å²) in [5.74, 6) is -0.380. The van der Waals surface area contributed by atoms with E-state index >= 15 is 0 Å².